The molecular formula is C18H31N. The molecular weight excluding hydrogens is 230 g/mol. The molecule has 0 aromatic rings. The molecule has 4 unspecified atom stereocenters. The highest BCUT2D eigenvalue weighted by Gasteiger charge is 2.57. The van der Waals surface area contributed by atoms with Gasteiger partial charge in [-0.3, -0.25) is 0 Å². The van der Waals surface area contributed by atoms with Crippen LogP contribution in [0.1, 0.15) is 66.7 Å². The number of hydrogen-bond donors (Lipinski definition) is 1. The molecule has 19 heavy (non-hydrogen) atoms. The summed E-state index contributed by atoms with van der Waals surface area (Å²) in [4.78, 5) is 0. The zero-order valence-corrected chi connectivity index (χ0v) is 13.5. The lowest BCUT2D eigenvalue weighted by atomic mass is 9.49. The van der Waals surface area contributed by atoms with Gasteiger partial charge in [0.1, 0.15) is 0 Å². The summed E-state index contributed by atoms with van der Waals surface area (Å²) in [5.74, 6) is 1.71. The lowest BCUT2D eigenvalue weighted by molar-refractivity contribution is -0.0554. The van der Waals surface area contributed by atoms with E-state index in [1.54, 1.807) is 5.57 Å². The molecule has 108 valence electrons. The average molecular weight is 261 g/mol. The van der Waals surface area contributed by atoms with Gasteiger partial charge in [-0.05, 0) is 82.1 Å². The van der Waals surface area contributed by atoms with E-state index in [2.05, 4.69) is 46.0 Å². The van der Waals surface area contributed by atoms with Crippen molar-refractivity contribution in [3.05, 3.63) is 11.6 Å². The molecule has 1 nitrogen and oxygen atoms in total. The number of nitrogens with one attached hydrogen (secondary N) is 1. The SMILES string of the molecule is CC1=CC2(C)CCC3C(C)(C)NCCCC3(C)C2C1. The molecule has 0 aromatic carbocycles. The van der Waals surface area contributed by atoms with Crippen molar-refractivity contribution in [1.29, 1.82) is 0 Å². The van der Waals surface area contributed by atoms with E-state index in [0.717, 1.165) is 11.8 Å². The minimum atomic E-state index is 0.309. The van der Waals surface area contributed by atoms with Gasteiger partial charge in [0, 0.05) is 5.54 Å². The molecule has 1 aliphatic heterocycles. The predicted octanol–water partition coefficient (Wildman–Crippen LogP) is 4.54. The summed E-state index contributed by atoms with van der Waals surface area (Å²) in [6.45, 7) is 13.6. The maximum atomic E-state index is 3.83. The maximum Gasteiger partial charge on any atom is 0.0158 e. The molecule has 2 fully saturated rings. The van der Waals surface area contributed by atoms with Crippen LogP contribution >= 0.6 is 0 Å². The van der Waals surface area contributed by atoms with Gasteiger partial charge in [0.15, 0.2) is 0 Å². The molecule has 0 bridgehead atoms. The Labute approximate surface area is 119 Å². The van der Waals surface area contributed by atoms with Crippen LogP contribution in [-0.2, 0) is 0 Å². The van der Waals surface area contributed by atoms with Crippen LogP contribution < -0.4 is 5.32 Å². The molecule has 1 saturated heterocycles. The van der Waals surface area contributed by atoms with Crippen LogP contribution in [0.5, 0.6) is 0 Å². The standard InChI is InChI=1S/C18H31N/c1-13-11-15-17(4,12-13)9-7-14-16(2,3)19-10-6-8-18(14,15)5/h12,14-15,19H,6-11H2,1-5H3. The van der Waals surface area contributed by atoms with Gasteiger partial charge >= 0.3 is 0 Å². The van der Waals surface area contributed by atoms with Crippen molar-refractivity contribution in [2.45, 2.75) is 72.3 Å². The first-order valence-electron chi connectivity index (χ1n) is 8.21. The molecule has 0 spiro atoms. The highest BCUT2D eigenvalue weighted by molar-refractivity contribution is 5.23. The molecule has 1 heterocycles. The minimum Gasteiger partial charge on any atom is -0.311 e. The number of hydrogen-bond acceptors (Lipinski definition) is 1. The molecule has 1 heteroatoms. The Kier molecular flexibility index (Phi) is 2.95. The smallest absolute Gasteiger partial charge is 0.0158 e. The second kappa shape index (κ2) is 4.10. The van der Waals surface area contributed by atoms with E-state index in [1.807, 2.05) is 0 Å². The van der Waals surface area contributed by atoms with Gasteiger partial charge < -0.3 is 5.32 Å². The maximum absolute atomic E-state index is 3.83. The van der Waals surface area contributed by atoms with E-state index >= 15 is 0 Å². The first-order chi connectivity index (χ1) is 8.78. The van der Waals surface area contributed by atoms with E-state index in [1.165, 1.54) is 38.6 Å². The largest absolute Gasteiger partial charge is 0.311 e. The van der Waals surface area contributed by atoms with Gasteiger partial charge in [-0.25, -0.2) is 0 Å². The Balaban J connectivity index is 2.01. The normalized spacial score (nSPS) is 49.0. The topological polar surface area (TPSA) is 12.0 Å². The van der Waals surface area contributed by atoms with Crippen LogP contribution in [0.15, 0.2) is 11.6 Å². The van der Waals surface area contributed by atoms with Gasteiger partial charge in [0.25, 0.3) is 0 Å². The quantitative estimate of drug-likeness (QED) is 0.631. The van der Waals surface area contributed by atoms with Crippen LogP contribution in [0, 0.1) is 22.7 Å². The van der Waals surface area contributed by atoms with Crippen LogP contribution in [0.2, 0.25) is 0 Å². The van der Waals surface area contributed by atoms with Crippen molar-refractivity contribution < 1.29 is 0 Å². The van der Waals surface area contributed by atoms with Crippen molar-refractivity contribution >= 4 is 0 Å². The van der Waals surface area contributed by atoms with E-state index in [0.29, 0.717) is 16.4 Å². The van der Waals surface area contributed by atoms with Crippen molar-refractivity contribution in [1.82, 2.24) is 5.32 Å². The summed E-state index contributed by atoms with van der Waals surface area (Å²) in [6.07, 6.45) is 9.51. The monoisotopic (exact) mass is 261 g/mol. The molecule has 0 radical (unpaired) electrons. The fraction of sp³-hybridized carbons (Fsp3) is 0.889. The second-order valence-corrected chi connectivity index (χ2v) is 8.60. The third kappa shape index (κ3) is 1.92. The number of fused-ring (bicyclic) bond motifs is 3. The summed E-state index contributed by atoms with van der Waals surface area (Å²) in [7, 11) is 0. The van der Waals surface area contributed by atoms with Crippen LogP contribution in [0.4, 0.5) is 0 Å². The molecule has 3 rings (SSSR count). The highest BCUT2D eigenvalue weighted by Crippen LogP contribution is 2.64. The van der Waals surface area contributed by atoms with Crippen molar-refractivity contribution in [2.75, 3.05) is 6.54 Å². The van der Waals surface area contributed by atoms with Gasteiger partial charge in [-0.15, -0.1) is 0 Å². The summed E-state index contributed by atoms with van der Waals surface area (Å²) >= 11 is 0. The van der Waals surface area contributed by atoms with Gasteiger partial charge in [-0.2, -0.15) is 0 Å². The van der Waals surface area contributed by atoms with Gasteiger partial charge in [-0.1, -0.05) is 25.5 Å². The van der Waals surface area contributed by atoms with Crippen LogP contribution in [0.3, 0.4) is 0 Å². The Morgan fingerprint density at radius 3 is 2.58 bits per heavy atom. The molecule has 2 aliphatic carbocycles. The molecule has 0 amide bonds. The molecule has 1 N–H and O–H groups in total. The fourth-order valence-electron chi connectivity index (χ4n) is 6.07. The summed E-state index contributed by atoms with van der Waals surface area (Å²) in [6, 6.07) is 0. The zero-order chi connectivity index (χ0) is 13.9. The van der Waals surface area contributed by atoms with Crippen LogP contribution in [-0.4, -0.2) is 12.1 Å². The third-order valence-electron chi connectivity index (χ3n) is 6.81. The lowest BCUT2D eigenvalue weighted by Gasteiger charge is -2.57. The molecule has 0 aromatic heterocycles. The molecule has 1 saturated carbocycles. The average Bonchev–Trinajstić information content (AvgIpc) is 2.54. The van der Waals surface area contributed by atoms with E-state index in [-0.39, 0.29) is 0 Å². The Morgan fingerprint density at radius 1 is 1.11 bits per heavy atom. The fourth-order valence-corrected chi connectivity index (χ4v) is 6.07. The first kappa shape index (κ1) is 13.7. The minimum absolute atomic E-state index is 0.309. The Morgan fingerprint density at radius 2 is 1.84 bits per heavy atom. The zero-order valence-electron chi connectivity index (χ0n) is 13.5. The van der Waals surface area contributed by atoms with Crippen LogP contribution in [0.25, 0.3) is 0 Å². The Hall–Kier alpha value is -0.300. The number of rotatable bonds is 0. The summed E-state index contributed by atoms with van der Waals surface area (Å²) < 4.78 is 0. The first-order valence-corrected chi connectivity index (χ1v) is 8.21. The highest BCUT2D eigenvalue weighted by atomic mass is 15.0. The summed E-state index contributed by atoms with van der Waals surface area (Å²) in [5, 5.41) is 3.83. The predicted molar refractivity (Wildman–Crippen MR) is 82.1 cm³/mol. The van der Waals surface area contributed by atoms with E-state index < -0.39 is 0 Å². The van der Waals surface area contributed by atoms with E-state index in [9.17, 15) is 0 Å². The third-order valence-corrected chi connectivity index (χ3v) is 6.81. The Bertz CT molecular complexity index is 408. The van der Waals surface area contributed by atoms with Crippen molar-refractivity contribution in [3.8, 4) is 0 Å². The summed E-state index contributed by atoms with van der Waals surface area (Å²) in [5.41, 5.74) is 2.96. The van der Waals surface area contributed by atoms with Crippen molar-refractivity contribution in [2.24, 2.45) is 22.7 Å². The lowest BCUT2D eigenvalue weighted by Crippen LogP contribution is -2.56. The van der Waals surface area contributed by atoms with Crippen molar-refractivity contribution in [3.63, 3.8) is 0 Å². The van der Waals surface area contributed by atoms with Gasteiger partial charge in [0.2, 0.25) is 0 Å². The number of allylic oxidation sites excluding steroid dienone is 2. The molecule has 4 atom stereocenters. The second-order valence-electron chi connectivity index (χ2n) is 8.60. The van der Waals surface area contributed by atoms with E-state index in [4.69, 9.17) is 0 Å². The van der Waals surface area contributed by atoms with Gasteiger partial charge in [0.05, 0.1) is 0 Å². The molecule has 3 aliphatic rings.